The minimum Gasteiger partial charge on any atom is -0.474 e. The van der Waals surface area contributed by atoms with E-state index in [4.69, 9.17) is 34.3 Å². The highest BCUT2D eigenvalue weighted by molar-refractivity contribution is 5.62. The fourth-order valence-corrected chi connectivity index (χ4v) is 2.82. The zero-order chi connectivity index (χ0) is 22.9. The fraction of sp³-hybridized carbons (Fsp3) is 0.684. The monoisotopic (exact) mass is 460 g/mol. The van der Waals surface area contributed by atoms with Crippen LogP contribution in [0.3, 0.4) is 0 Å². The Kier molecular flexibility index (Phi) is 13.5. The van der Waals surface area contributed by atoms with Crippen molar-refractivity contribution < 1.29 is 38.3 Å². The largest absolute Gasteiger partial charge is 0.474 e. The lowest BCUT2D eigenvalue weighted by Crippen LogP contribution is -2.32. The summed E-state index contributed by atoms with van der Waals surface area (Å²) < 4.78 is 33.2. The average Bonchev–Trinajstić information content (AvgIpc) is 2.79. The average molecular weight is 460 g/mol. The molecule has 0 bridgehead atoms. The van der Waals surface area contributed by atoms with Gasteiger partial charge in [-0.25, -0.2) is 4.94 Å². The molecule has 1 aliphatic rings. The van der Waals surface area contributed by atoms with E-state index in [0.717, 1.165) is 0 Å². The van der Waals surface area contributed by atoms with E-state index in [1.54, 1.807) is 6.07 Å². The van der Waals surface area contributed by atoms with Crippen LogP contribution in [0, 0.1) is 10.1 Å². The fourth-order valence-electron chi connectivity index (χ4n) is 2.82. The Morgan fingerprint density at radius 3 is 1.88 bits per heavy atom. The molecule has 0 aliphatic carbocycles. The van der Waals surface area contributed by atoms with Gasteiger partial charge < -0.3 is 33.3 Å². The number of nitrogens with two attached hydrogens (primary N) is 1. The molecule has 0 radical (unpaired) electrons. The van der Waals surface area contributed by atoms with E-state index in [2.05, 4.69) is 10.4 Å². The minimum atomic E-state index is -0.486. The van der Waals surface area contributed by atoms with Gasteiger partial charge in [0.1, 0.15) is 0 Å². The summed E-state index contributed by atoms with van der Waals surface area (Å²) in [6.45, 7) is 5.54. The zero-order valence-corrected chi connectivity index (χ0v) is 18.1. The highest BCUT2D eigenvalue weighted by atomic mass is 16.8. The highest BCUT2D eigenvalue weighted by Crippen LogP contribution is 2.32. The number of non-ortho nitro benzene ring substituents is 1. The Morgan fingerprint density at radius 1 is 0.906 bits per heavy atom. The van der Waals surface area contributed by atoms with Crippen LogP contribution in [0.4, 0.5) is 11.4 Å². The number of nitro groups is 1. The van der Waals surface area contributed by atoms with Crippen LogP contribution in [-0.2, 0) is 28.6 Å². The molecule has 0 unspecified atom stereocenters. The van der Waals surface area contributed by atoms with Gasteiger partial charge in [-0.2, -0.15) is 5.90 Å². The summed E-state index contributed by atoms with van der Waals surface area (Å²) >= 11 is 0. The molecule has 1 fully saturated rings. The van der Waals surface area contributed by atoms with Crippen molar-refractivity contribution in [1.29, 1.82) is 0 Å². The van der Waals surface area contributed by atoms with Gasteiger partial charge in [0.15, 0.2) is 12.5 Å². The number of benzene rings is 1. The first-order chi connectivity index (χ1) is 15.7. The summed E-state index contributed by atoms with van der Waals surface area (Å²) in [5.74, 6) is 5.25. The number of nitrogens with one attached hydrogen (secondary N) is 1. The number of anilines is 1. The summed E-state index contributed by atoms with van der Waals surface area (Å²) in [7, 11) is 0. The van der Waals surface area contributed by atoms with Crippen molar-refractivity contribution >= 4 is 11.4 Å². The Morgan fingerprint density at radius 2 is 1.41 bits per heavy atom. The smallest absolute Gasteiger partial charge is 0.273 e. The second-order valence-corrected chi connectivity index (χ2v) is 6.51. The molecule has 32 heavy (non-hydrogen) atoms. The standard InChI is InChI=1S/C19H32N4O9/c20-32-21-16-31-19-15-17(23(24)25)1-2-18(19)22-3-5-26-7-9-28-11-13-30-14-12-29-10-8-27-6-4-22/h1-2,15,21H,3-14,16,20H2. The van der Waals surface area contributed by atoms with Crippen LogP contribution in [0.1, 0.15) is 0 Å². The summed E-state index contributed by atoms with van der Waals surface area (Å²) in [5.41, 5.74) is 2.91. The van der Waals surface area contributed by atoms with Gasteiger partial charge in [0.25, 0.3) is 5.69 Å². The second kappa shape index (κ2) is 16.5. The molecule has 13 nitrogen and oxygen atoms in total. The van der Waals surface area contributed by atoms with E-state index in [9.17, 15) is 10.1 Å². The molecule has 0 aromatic heterocycles. The van der Waals surface area contributed by atoms with E-state index in [-0.39, 0.29) is 12.4 Å². The predicted octanol–water partition coefficient (Wildman–Crippen LogP) is 0.229. The summed E-state index contributed by atoms with van der Waals surface area (Å²) in [6.07, 6.45) is 0. The Labute approximate surface area is 186 Å². The van der Waals surface area contributed by atoms with Gasteiger partial charge in [0, 0.05) is 19.2 Å². The Hall–Kier alpha value is -2.10. The molecule has 0 spiro atoms. The van der Waals surface area contributed by atoms with E-state index in [1.807, 2.05) is 4.90 Å². The molecular weight excluding hydrogens is 428 g/mol. The van der Waals surface area contributed by atoms with E-state index in [1.165, 1.54) is 12.1 Å². The molecular formula is C19H32N4O9. The first kappa shape index (κ1) is 26.2. The highest BCUT2D eigenvalue weighted by Gasteiger charge is 2.17. The second-order valence-electron chi connectivity index (χ2n) is 6.51. The van der Waals surface area contributed by atoms with Gasteiger partial charge in [-0.3, -0.25) is 10.1 Å². The lowest BCUT2D eigenvalue weighted by Gasteiger charge is -2.27. The maximum atomic E-state index is 11.2. The normalized spacial score (nSPS) is 18.5. The maximum Gasteiger partial charge on any atom is 0.273 e. The van der Waals surface area contributed by atoms with Crippen molar-refractivity contribution in [2.75, 3.05) is 90.8 Å². The van der Waals surface area contributed by atoms with E-state index >= 15 is 0 Å². The molecule has 182 valence electrons. The minimum absolute atomic E-state index is 0.0930. The van der Waals surface area contributed by atoms with Gasteiger partial charge in [-0.1, -0.05) is 0 Å². The molecule has 1 heterocycles. The SMILES string of the molecule is NONCOc1cc([N+](=O)[O-])ccc1N1CCOCCOCCOCCOCCOCC1. The zero-order valence-electron chi connectivity index (χ0n) is 18.1. The summed E-state index contributed by atoms with van der Waals surface area (Å²) in [5, 5.41) is 11.2. The number of rotatable bonds is 6. The number of nitro benzene ring substituents is 1. The molecule has 1 aliphatic heterocycles. The molecule has 1 aromatic carbocycles. The van der Waals surface area contributed by atoms with Crippen LogP contribution in [0.15, 0.2) is 18.2 Å². The number of nitrogens with zero attached hydrogens (tertiary/aromatic N) is 2. The van der Waals surface area contributed by atoms with Crippen LogP contribution in [0.25, 0.3) is 0 Å². The molecule has 0 saturated carbocycles. The first-order valence-corrected chi connectivity index (χ1v) is 10.4. The number of hydroxylamine groups is 1. The molecule has 13 heteroatoms. The van der Waals surface area contributed by atoms with Gasteiger partial charge in [0.05, 0.1) is 82.7 Å². The molecule has 2 rings (SSSR count). The summed E-state index contributed by atoms with van der Waals surface area (Å²) in [4.78, 5) is 17.0. The maximum absolute atomic E-state index is 11.2. The van der Waals surface area contributed by atoms with Crippen molar-refractivity contribution in [3.63, 3.8) is 0 Å². The quantitative estimate of drug-likeness (QED) is 0.259. The Balaban J connectivity index is 2.04. The lowest BCUT2D eigenvalue weighted by atomic mass is 10.2. The van der Waals surface area contributed by atoms with Crippen molar-refractivity contribution in [3.05, 3.63) is 28.3 Å². The van der Waals surface area contributed by atoms with Crippen molar-refractivity contribution in [3.8, 4) is 5.75 Å². The van der Waals surface area contributed by atoms with E-state index < -0.39 is 4.92 Å². The van der Waals surface area contributed by atoms with Crippen molar-refractivity contribution in [2.45, 2.75) is 0 Å². The summed E-state index contributed by atoms with van der Waals surface area (Å²) in [6, 6.07) is 4.41. The number of ether oxygens (including phenoxy) is 6. The van der Waals surface area contributed by atoms with Crippen molar-refractivity contribution in [2.24, 2.45) is 5.90 Å². The molecule has 0 amide bonds. The molecule has 1 aromatic rings. The third kappa shape index (κ3) is 10.5. The number of hydrogen-bond donors (Lipinski definition) is 2. The van der Waals surface area contributed by atoms with Crippen LogP contribution in [-0.4, -0.2) is 90.8 Å². The third-order valence-electron chi connectivity index (χ3n) is 4.36. The van der Waals surface area contributed by atoms with Crippen molar-refractivity contribution in [1.82, 2.24) is 5.48 Å². The molecule has 3 N–H and O–H groups in total. The van der Waals surface area contributed by atoms with Gasteiger partial charge in [-0.05, 0) is 6.07 Å². The van der Waals surface area contributed by atoms with Crippen LogP contribution in [0.2, 0.25) is 0 Å². The first-order valence-electron chi connectivity index (χ1n) is 10.4. The van der Waals surface area contributed by atoms with E-state index in [0.29, 0.717) is 90.6 Å². The molecule has 0 atom stereocenters. The lowest BCUT2D eigenvalue weighted by molar-refractivity contribution is -0.384. The third-order valence-corrected chi connectivity index (χ3v) is 4.36. The van der Waals surface area contributed by atoms with Gasteiger partial charge in [0.2, 0.25) is 0 Å². The Bertz CT molecular complexity index is 635. The predicted molar refractivity (Wildman–Crippen MR) is 113 cm³/mol. The molecule has 1 saturated heterocycles. The topological polar surface area (TPSA) is 149 Å². The number of hydrogen-bond acceptors (Lipinski definition) is 12. The van der Waals surface area contributed by atoms with Gasteiger partial charge in [-0.15, -0.1) is 5.48 Å². The van der Waals surface area contributed by atoms with Crippen LogP contribution < -0.4 is 21.0 Å². The van der Waals surface area contributed by atoms with Crippen LogP contribution >= 0.6 is 0 Å². The van der Waals surface area contributed by atoms with Gasteiger partial charge >= 0.3 is 0 Å². The van der Waals surface area contributed by atoms with Crippen LogP contribution in [0.5, 0.6) is 5.75 Å².